The number of anilines is 1. The number of halogens is 2. The number of carbonyl (C=O) groups is 1. The molecule has 7 nitrogen and oxygen atoms in total. The van der Waals surface area contributed by atoms with Crippen LogP contribution in [0.15, 0.2) is 65.1 Å². The summed E-state index contributed by atoms with van der Waals surface area (Å²) >= 11 is 5.57. The molecule has 5 rings (SSSR count). The van der Waals surface area contributed by atoms with Gasteiger partial charge in [-0.25, -0.2) is 0 Å². The van der Waals surface area contributed by atoms with Gasteiger partial charge in [-0.1, -0.05) is 18.2 Å². The van der Waals surface area contributed by atoms with Crippen LogP contribution in [-0.2, 0) is 16.1 Å². The summed E-state index contributed by atoms with van der Waals surface area (Å²) in [6.07, 6.45) is 0. The van der Waals surface area contributed by atoms with E-state index in [0.29, 0.717) is 24.2 Å². The number of carbonyl (C=O) groups excluding carboxylic acids is 1. The minimum atomic E-state index is -0.179. The lowest BCUT2D eigenvalue weighted by atomic mass is 9.92. The number of amides is 1. The van der Waals surface area contributed by atoms with Crippen LogP contribution in [0.25, 0.3) is 33.4 Å². The molecule has 0 atom stereocenters. The number of alkyl halides is 1. The Balaban J connectivity index is 0.00000336. The number of nitrogens with zero attached hydrogens (tertiary/aromatic N) is 2. The van der Waals surface area contributed by atoms with Crippen LogP contribution in [0.5, 0.6) is 0 Å². The highest BCUT2D eigenvalue weighted by molar-refractivity contribution is 6.27. The van der Waals surface area contributed by atoms with Gasteiger partial charge in [0.2, 0.25) is 5.91 Å². The van der Waals surface area contributed by atoms with Gasteiger partial charge in [-0.05, 0) is 41.5 Å². The largest absolute Gasteiger partial charge is 0.456 e. The Labute approximate surface area is 233 Å². The van der Waals surface area contributed by atoms with Crippen molar-refractivity contribution in [2.24, 2.45) is 0 Å². The zero-order valence-corrected chi connectivity index (χ0v) is 22.9. The molecule has 2 heterocycles. The summed E-state index contributed by atoms with van der Waals surface area (Å²) in [7, 11) is 1.98. The quantitative estimate of drug-likeness (QED) is 0.243. The molecule has 38 heavy (non-hydrogen) atoms. The average Bonchev–Trinajstić information content (AvgIpc) is 2.91. The Bertz CT molecular complexity index is 1440. The lowest BCUT2D eigenvalue weighted by molar-refractivity contribution is -0.118. The summed E-state index contributed by atoms with van der Waals surface area (Å²) in [5.74, 6) is 0.463. The van der Waals surface area contributed by atoms with E-state index in [-0.39, 0.29) is 24.2 Å². The number of hydrogen-bond donors (Lipinski definition) is 2. The van der Waals surface area contributed by atoms with Gasteiger partial charge >= 0.3 is 0 Å². The predicted molar refractivity (Wildman–Crippen MR) is 154 cm³/mol. The second-order valence-electron chi connectivity index (χ2n) is 9.36. The van der Waals surface area contributed by atoms with Crippen molar-refractivity contribution in [2.75, 3.05) is 57.2 Å². The smallest absolute Gasteiger partial charge is 0.234 e. The highest BCUT2D eigenvalue weighted by Gasteiger charge is 2.19. The second-order valence-corrected chi connectivity index (χ2v) is 9.63. The number of nitrogens with one attached hydrogen (secondary N) is 2. The molecule has 2 aromatic rings. The van der Waals surface area contributed by atoms with Crippen LogP contribution in [0.4, 0.5) is 5.69 Å². The van der Waals surface area contributed by atoms with Crippen molar-refractivity contribution in [3.05, 3.63) is 71.6 Å². The maximum Gasteiger partial charge on any atom is 0.234 e. The molecule has 2 aromatic carbocycles. The van der Waals surface area contributed by atoms with Crippen LogP contribution in [0.1, 0.15) is 5.56 Å². The van der Waals surface area contributed by atoms with Crippen molar-refractivity contribution < 1.29 is 13.9 Å². The van der Waals surface area contributed by atoms with Crippen molar-refractivity contribution in [1.29, 1.82) is 5.41 Å². The Morgan fingerprint density at radius 3 is 2.71 bits per heavy atom. The fourth-order valence-corrected chi connectivity index (χ4v) is 4.90. The van der Waals surface area contributed by atoms with Crippen molar-refractivity contribution in [2.45, 2.75) is 6.54 Å². The first kappa shape index (κ1) is 27.9. The van der Waals surface area contributed by atoms with E-state index in [1.54, 1.807) is 6.07 Å². The first-order valence-electron chi connectivity index (χ1n) is 12.5. The molecular formula is C29H32Cl2N4O3. The number of morpholine rings is 1. The minimum Gasteiger partial charge on any atom is -0.456 e. The van der Waals surface area contributed by atoms with E-state index < -0.39 is 0 Å². The van der Waals surface area contributed by atoms with E-state index in [9.17, 15) is 4.79 Å². The third-order valence-corrected chi connectivity index (χ3v) is 7.01. The molecule has 1 saturated heterocycles. The van der Waals surface area contributed by atoms with Crippen LogP contribution in [-0.4, -0.2) is 63.1 Å². The first-order chi connectivity index (χ1) is 18.0. The molecule has 2 aliphatic heterocycles. The van der Waals surface area contributed by atoms with Crippen molar-refractivity contribution >= 4 is 46.6 Å². The Morgan fingerprint density at radius 1 is 1.11 bits per heavy atom. The SMILES string of the molecule is CN(CCNC(=O)CCl)c1ccc2c(-c3cccc(CN4CCOCC4)c3)c3ccc(=N)cc-3oc2c1.Cl. The van der Waals surface area contributed by atoms with E-state index in [4.69, 9.17) is 26.2 Å². The monoisotopic (exact) mass is 554 g/mol. The van der Waals surface area contributed by atoms with Gasteiger partial charge in [0, 0.05) is 74.1 Å². The maximum atomic E-state index is 11.5. The Hall–Kier alpha value is -3.10. The fraction of sp³-hybridized carbons (Fsp3) is 0.310. The van der Waals surface area contributed by atoms with Gasteiger partial charge in [0.05, 0.1) is 18.6 Å². The molecule has 1 fully saturated rings. The van der Waals surface area contributed by atoms with E-state index >= 15 is 0 Å². The number of fused-ring (bicyclic) bond motifs is 2. The van der Waals surface area contributed by atoms with Gasteiger partial charge in [0.25, 0.3) is 0 Å². The molecule has 200 valence electrons. The zero-order valence-electron chi connectivity index (χ0n) is 21.3. The molecule has 0 radical (unpaired) electrons. The lowest BCUT2D eigenvalue weighted by Gasteiger charge is -2.26. The summed E-state index contributed by atoms with van der Waals surface area (Å²) in [4.78, 5) is 16.0. The summed E-state index contributed by atoms with van der Waals surface area (Å²) in [5.41, 5.74) is 6.19. The lowest BCUT2D eigenvalue weighted by Crippen LogP contribution is -2.35. The van der Waals surface area contributed by atoms with Gasteiger partial charge in [0.1, 0.15) is 17.2 Å². The van der Waals surface area contributed by atoms with Crippen LogP contribution in [0.3, 0.4) is 0 Å². The van der Waals surface area contributed by atoms with E-state index in [1.807, 2.05) is 25.2 Å². The van der Waals surface area contributed by atoms with Crippen molar-refractivity contribution in [3.8, 4) is 22.5 Å². The van der Waals surface area contributed by atoms with Gasteiger partial charge in [-0.15, -0.1) is 24.0 Å². The molecule has 0 saturated carbocycles. The highest BCUT2D eigenvalue weighted by Crippen LogP contribution is 2.41. The third-order valence-electron chi connectivity index (χ3n) is 6.76. The van der Waals surface area contributed by atoms with Gasteiger partial charge in [-0.3, -0.25) is 9.69 Å². The number of rotatable bonds is 8. The first-order valence-corrected chi connectivity index (χ1v) is 13.0. The Morgan fingerprint density at radius 2 is 1.92 bits per heavy atom. The third kappa shape index (κ3) is 6.30. The molecule has 1 aliphatic carbocycles. The molecule has 0 bridgehead atoms. The molecule has 0 aromatic heterocycles. The Kier molecular flexibility index (Phi) is 9.28. The second kappa shape index (κ2) is 12.6. The number of ether oxygens (including phenoxy) is 1. The van der Waals surface area contributed by atoms with E-state index in [1.165, 1.54) is 5.56 Å². The predicted octanol–water partition coefficient (Wildman–Crippen LogP) is 4.73. The van der Waals surface area contributed by atoms with Crippen molar-refractivity contribution in [3.63, 3.8) is 0 Å². The summed E-state index contributed by atoms with van der Waals surface area (Å²) < 4.78 is 11.8. The van der Waals surface area contributed by atoms with Crippen molar-refractivity contribution in [1.82, 2.24) is 10.2 Å². The van der Waals surface area contributed by atoms with Gasteiger partial charge < -0.3 is 24.8 Å². The topological polar surface area (TPSA) is 81.8 Å². The molecule has 9 heteroatoms. The molecule has 2 N–H and O–H groups in total. The van der Waals surface area contributed by atoms with E-state index in [2.05, 4.69) is 51.5 Å². The number of likely N-dealkylation sites (N-methyl/N-ethyl adjacent to an activating group) is 1. The van der Waals surface area contributed by atoms with Crippen LogP contribution in [0, 0.1) is 5.41 Å². The standard InChI is InChI=1S/C29H31ClN4O3.ClH/c1-33(10-9-32-28(35)18-30)23-6-8-25-27(17-23)37-26-16-22(31)5-7-24(26)29(25)21-4-2-3-20(15-21)19-34-11-13-36-14-12-34;/h2-8,15-17,31H,9-14,18-19H2,1H3,(H,32,35);1H. The molecular weight excluding hydrogens is 523 g/mol. The minimum absolute atomic E-state index is 0. The van der Waals surface area contributed by atoms with Gasteiger partial charge in [-0.2, -0.15) is 0 Å². The van der Waals surface area contributed by atoms with Crippen LogP contribution >= 0.6 is 24.0 Å². The fourth-order valence-electron chi connectivity index (χ4n) is 4.81. The summed E-state index contributed by atoms with van der Waals surface area (Å²) in [6.45, 7) is 5.46. The highest BCUT2D eigenvalue weighted by atomic mass is 35.5. The summed E-state index contributed by atoms with van der Waals surface area (Å²) in [6, 6.07) is 20.4. The molecule has 1 amide bonds. The molecule has 0 unspecified atom stereocenters. The zero-order chi connectivity index (χ0) is 25.8. The number of hydrogen-bond acceptors (Lipinski definition) is 6. The normalized spacial score (nSPS) is 13.8. The van der Waals surface area contributed by atoms with Crippen LogP contribution < -0.4 is 15.6 Å². The van der Waals surface area contributed by atoms with Gasteiger partial charge in [0.15, 0.2) is 0 Å². The average molecular weight is 556 g/mol. The molecule has 0 spiro atoms. The van der Waals surface area contributed by atoms with E-state index in [0.717, 1.165) is 66.2 Å². The summed E-state index contributed by atoms with van der Waals surface area (Å²) in [5, 5.41) is 12.4. The number of benzene rings is 3. The molecule has 3 aliphatic rings. The van der Waals surface area contributed by atoms with Crippen LogP contribution in [0.2, 0.25) is 0 Å². The maximum absolute atomic E-state index is 11.5.